The van der Waals surface area contributed by atoms with Gasteiger partial charge in [-0.1, -0.05) is 27.5 Å². The lowest BCUT2D eigenvalue weighted by Crippen LogP contribution is -2.00. The Bertz CT molecular complexity index is 496. The number of nitrogens with zero attached hydrogens (tertiary/aromatic N) is 1. The van der Waals surface area contributed by atoms with E-state index in [0.29, 0.717) is 11.6 Å². The number of aromatic nitrogens is 2. The first kappa shape index (κ1) is 11.5. The molecule has 0 fully saturated rings. The minimum Gasteiger partial charge on any atom is -0.380 e. The van der Waals surface area contributed by atoms with Crippen molar-refractivity contribution in [2.24, 2.45) is 0 Å². The van der Waals surface area contributed by atoms with Crippen LogP contribution in [0.4, 0.5) is 5.69 Å². The van der Waals surface area contributed by atoms with E-state index in [1.165, 1.54) is 0 Å². The van der Waals surface area contributed by atoms with Crippen molar-refractivity contribution in [3.63, 3.8) is 0 Å². The fourth-order valence-corrected chi connectivity index (χ4v) is 2.12. The Morgan fingerprint density at radius 1 is 1.50 bits per heavy atom. The molecule has 0 radical (unpaired) electrons. The van der Waals surface area contributed by atoms with Crippen LogP contribution in [0, 0.1) is 6.92 Å². The number of hydrogen-bond acceptors (Lipinski definition) is 2. The number of aryl methyl sites for hydroxylation is 1. The van der Waals surface area contributed by atoms with Gasteiger partial charge in [0.25, 0.3) is 0 Å². The summed E-state index contributed by atoms with van der Waals surface area (Å²) >= 11 is 9.46. The van der Waals surface area contributed by atoms with E-state index in [-0.39, 0.29) is 0 Å². The van der Waals surface area contributed by atoms with E-state index in [0.717, 1.165) is 21.4 Å². The molecule has 0 aliphatic carbocycles. The van der Waals surface area contributed by atoms with Crippen molar-refractivity contribution in [2.45, 2.75) is 13.5 Å². The van der Waals surface area contributed by atoms with Gasteiger partial charge in [-0.3, -0.25) is 5.10 Å². The van der Waals surface area contributed by atoms with Gasteiger partial charge in [0, 0.05) is 22.3 Å². The zero-order chi connectivity index (χ0) is 11.5. The Morgan fingerprint density at radius 2 is 2.31 bits per heavy atom. The molecule has 0 spiro atoms. The number of halogens is 2. The Hall–Kier alpha value is -1.000. The van der Waals surface area contributed by atoms with Gasteiger partial charge in [-0.15, -0.1) is 0 Å². The average Bonchev–Trinajstić information content (AvgIpc) is 2.63. The first-order chi connectivity index (χ1) is 7.66. The van der Waals surface area contributed by atoms with Crippen molar-refractivity contribution in [1.82, 2.24) is 10.2 Å². The summed E-state index contributed by atoms with van der Waals surface area (Å²) in [5, 5.41) is 10.8. The molecule has 0 atom stereocenters. The fourth-order valence-electron chi connectivity index (χ4n) is 1.38. The molecule has 0 bridgehead atoms. The Balaban J connectivity index is 2.08. The molecule has 5 heteroatoms. The van der Waals surface area contributed by atoms with Crippen molar-refractivity contribution in [1.29, 1.82) is 0 Å². The number of anilines is 1. The van der Waals surface area contributed by atoms with Crippen LogP contribution >= 0.6 is 27.5 Å². The Labute approximate surface area is 107 Å². The van der Waals surface area contributed by atoms with Gasteiger partial charge in [0.05, 0.1) is 16.9 Å². The first-order valence-corrected chi connectivity index (χ1v) is 6.01. The highest BCUT2D eigenvalue weighted by Gasteiger charge is 2.03. The van der Waals surface area contributed by atoms with Crippen LogP contribution in [0.5, 0.6) is 0 Å². The highest BCUT2D eigenvalue weighted by atomic mass is 79.9. The van der Waals surface area contributed by atoms with E-state index in [1.807, 2.05) is 31.3 Å². The van der Waals surface area contributed by atoms with Crippen LogP contribution in [0.15, 0.2) is 28.9 Å². The molecule has 0 saturated heterocycles. The van der Waals surface area contributed by atoms with E-state index >= 15 is 0 Å². The maximum Gasteiger partial charge on any atom is 0.0648 e. The fraction of sp³-hybridized carbons (Fsp3) is 0.182. The quantitative estimate of drug-likeness (QED) is 0.906. The molecule has 0 amide bonds. The summed E-state index contributed by atoms with van der Waals surface area (Å²) in [5.41, 5.74) is 3.13. The van der Waals surface area contributed by atoms with Gasteiger partial charge in [-0.25, -0.2) is 0 Å². The van der Waals surface area contributed by atoms with Crippen LogP contribution < -0.4 is 5.32 Å². The van der Waals surface area contributed by atoms with Crippen molar-refractivity contribution in [3.05, 3.63) is 45.1 Å². The second kappa shape index (κ2) is 4.89. The second-order valence-electron chi connectivity index (χ2n) is 3.50. The number of rotatable bonds is 3. The van der Waals surface area contributed by atoms with Crippen molar-refractivity contribution < 1.29 is 0 Å². The molecule has 2 rings (SSSR count). The predicted octanol–water partition coefficient (Wildman–Crippen LogP) is 3.75. The largest absolute Gasteiger partial charge is 0.380 e. The summed E-state index contributed by atoms with van der Waals surface area (Å²) in [6.45, 7) is 2.71. The number of hydrogen-bond donors (Lipinski definition) is 2. The summed E-state index contributed by atoms with van der Waals surface area (Å²) in [4.78, 5) is 0. The average molecular weight is 301 g/mol. The van der Waals surface area contributed by atoms with Gasteiger partial charge in [0.2, 0.25) is 0 Å². The number of benzene rings is 1. The number of nitrogens with one attached hydrogen (secondary N) is 2. The normalized spacial score (nSPS) is 10.4. The van der Waals surface area contributed by atoms with Gasteiger partial charge in [-0.2, -0.15) is 5.10 Å². The molecular formula is C11H11BrClN3. The van der Waals surface area contributed by atoms with E-state index in [2.05, 4.69) is 31.4 Å². The first-order valence-electron chi connectivity index (χ1n) is 4.84. The third-order valence-electron chi connectivity index (χ3n) is 2.33. The Morgan fingerprint density at radius 3 is 2.94 bits per heavy atom. The smallest absolute Gasteiger partial charge is 0.0648 e. The molecule has 0 saturated carbocycles. The van der Waals surface area contributed by atoms with E-state index in [9.17, 15) is 0 Å². The van der Waals surface area contributed by atoms with Crippen LogP contribution in [0.1, 0.15) is 11.3 Å². The van der Waals surface area contributed by atoms with E-state index in [1.54, 1.807) is 0 Å². The zero-order valence-corrected chi connectivity index (χ0v) is 11.1. The monoisotopic (exact) mass is 299 g/mol. The van der Waals surface area contributed by atoms with Crippen molar-refractivity contribution in [2.75, 3.05) is 5.32 Å². The summed E-state index contributed by atoms with van der Waals surface area (Å²) < 4.78 is 0.975. The Kier molecular flexibility index (Phi) is 3.51. The molecule has 2 N–H and O–H groups in total. The minimum atomic E-state index is 0.704. The van der Waals surface area contributed by atoms with Crippen LogP contribution in [0.3, 0.4) is 0 Å². The summed E-state index contributed by atoms with van der Waals surface area (Å²) in [6.07, 6.45) is 1.81. The van der Waals surface area contributed by atoms with Gasteiger partial charge < -0.3 is 5.32 Å². The predicted molar refractivity (Wildman–Crippen MR) is 69.8 cm³/mol. The molecule has 16 heavy (non-hydrogen) atoms. The van der Waals surface area contributed by atoms with Crippen LogP contribution in [0.25, 0.3) is 0 Å². The molecular weight excluding hydrogens is 289 g/mol. The lowest BCUT2D eigenvalue weighted by Gasteiger charge is -2.07. The summed E-state index contributed by atoms with van der Waals surface area (Å²) in [5.74, 6) is 0. The van der Waals surface area contributed by atoms with Crippen molar-refractivity contribution in [3.8, 4) is 0 Å². The molecule has 0 unspecified atom stereocenters. The van der Waals surface area contributed by atoms with E-state index in [4.69, 9.17) is 11.6 Å². The van der Waals surface area contributed by atoms with Crippen LogP contribution in [0.2, 0.25) is 5.02 Å². The lowest BCUT2D eigenvalue weighted by molar-refractivity contribution is 1.04. The molecule has 2 aromatic rings. The maximum atomic E-state index is 6.09. The van der Waals surface area contributed by atoms with E-state index < -0.39 is 0 Å². The highest BCUT2D eigenvalue weighted by molar-refractivity contribution is 9.10. The van der Waals surface area contributed by atoms with Gasteiger partial charge >= 0.3 is 0 Å². The number of aromatic amines is 1. The van der Waals surface area contributed by atoms with Gasteiger partial charge in [-0.05, 0) is 25.1 Å². The van der Waals surface area contributed by atoms with Crippen LogP contribution in [-0.4, -0.2) is 10.2 Å². The molecule has 1 heterocycles. The number of H-pyrrole nitrogens is 1. The molecule has 0 aliphatic heterocycles. The molecule has 3 nitrogen and oxygen atoms in total. The lowest BCUT2D eigenvalue weighted by atomic mass is 10.2. The highest BCUT2D eigenvalue weighted by Crippen LogP contribution is 2.26. The molecule has 0 aliphatic rings. The maximum absolute atomic E-state index is 6.09. The third-order valence-corrected chi connectivity index (χ3v) is 3.14. The SMILES string of the molecule is Cc1[nH]ncc1CNc1ccc(Br)cc1Cl. The third kappa shape index (κ3) is 2.57. The minimum absolute atomic E-state index is 0.704. The van der Waals surface area contributed by atoms with Gasteiger partial charge in [0.15, 0.2) is 0 Å². The zero-order valence-electron chi connectivity index (χ0n) is 8.72. The van der Waals surface area contributed by atoms with Gasteiger partial charge in [0.1, 0.15) is 0 Å². The molecule has 1 aromatic heterocycles. The molecule has 84 valence electrons. The molecule has 1 aromatic carbocycles. The van der Waals surface area contributed by atoms with Crippen molar-refractivity contribution >= 4 is 33.2 Å². The standard InChI is InChI=1S/C11H11BrClN3/c1-7-8(6-15-16-7)5-14-11-3-2-9(12)4-10(11)13/h2-4,6,14H,5H2,1H3,(H,15,16). The summed E-state index contributed by atoms with van der Waals surface area (Å²) in [7, 11) is 0. The summed E-state index contributed by atoms with van der Waals surface area (Å²) in [6, 6.07) is 5.77. The van der Waals surface area contributed by atoms with Crippen LogP contribution in [-0.2, 0) is 6.54 Å². The second-order valence-corrected chi connectivity index (χ2v) is 4.82. The topological polar surface area (TPSA) is 40.7 Å².